The summed E-state index contributed by atoms with van der Waals surface area (Å²) in [7, 11) is 0. The molecule has 0 radical (unpaired) electrons. The van der Waals surface area contributed by atoms with Gasteiger partial charge in [-0.2, -0.15) is 5.26 Å². The SMILES string of the molecule is Cc1nc2cc(F)c(-c3cnc(OCCN4CCC(n5cc(COCC(=O)N6CCC(OCCNC(=O)COc7cccc(Oc8ccc(C(=O)N[C@@H](CCC(C)(C)C)C(=O)O)cn8)c7)CC6)nn5)CC4)nc3)nc2c(N[C@H](C)c2cc(C#N)ccc2F)c1Cl. The number of likely N-dealkylation sites (tertiary alicyclic amines) is 2. The average Bonchev–Trinajstić information content (AvgIpc) is 0.902. The van der Waals surface area contributed by atoms with Crippen molar-refractivity contribution in [2.45, 2.75) is 104 Å². The molecule has 0 saturated carbocycles. The topological polar surface area (TPSA) is 296 Å². The number of ether oxygens (including phenoxy) is 5. The lowest BCUT2D eigenvalue weighted by Gasteiger charge is -2.32. The van der Waals surface area contributed by atoms with E-state index >= 15 is 4.39 Å². The molecule has 2 saturated heterocycles. The Hall–Kier alpha value is -9.03. The van der Waals surface area contributed by atoms with E-state index in [1.165, 1.54) is 55.0 Å². The van der Waals surface area contributed by atoms with Crippen molar-refractivity contribution in [3.8, 4) is 40.7 Å². The first kappa shape index (κ1) is 65.4. The van der Waals surface area contributed by atoms with Gasteiger partial charge in [0.2, 0.25) is 11.8 Å². The van der Waals surface area contributed by atoms with Crippen LogP contribution in [0.5, 0.6) is 23.4 Å². The van der Waals surface area contributed by atoms with Crippen molar-refractivity contribution < 1.29 is 56.7 Å². The van der Waals surface area contributed by atoms with E-state index < -0.39 is 35.6 Å². The quantitative estimate of drug-likeness (QED) is 0.0350. The van der Waals surface area contributed by atoms with Crippen LogP contribution in [0.1, 0.15) is 111 Å². The Bertz CT molecular complexity index is 3690. The molecule has 7 aromatic rings. The molecule has 9 rings (SSSR count). The lowest BCUT2D eigenvalue weighted by molar-refractivity contribution is -0.140. The molecule has 2 aliphatic heterocycles. The van der Waals surface area contributed by atoms with Gasteiger partial charge in [-0.25, -0.2) is 43.2 Å². The molecule has 2 aliphatic rings. The number of halogens is 3. The predicted molar refractivity (Wildman–Crippen MR) is 326 cm³/mol. The molecule has 27 heteroatoms. The van der Waals surface area contributed by atoms with Gasteiger partial charge in [0.15, 0.2) is 12.4 Å². The van der Waals surface area contributed by atoms with Crippen molar-refractivity contribution in [3.05, 3.63) is 130 Å². The number of nitrogens with one attached hydrogen (secondary N) is 3. The van der Waals surface area contributed by atoms with Gasteiger partial charge in [0.05, 0.1) is 76.7 Å². The van der Waals surface area contributed by atoms with Crippen LogP contribution in [0.15, 0.2) is 85.5 Å². The van der Waals surface area contributed by atoms with Crippen LogP contribution in [0.4, 0.5) is 14.5 Å². The van der Waals surface area contributed by atoms with Gasteiger partial charge in [0.25, 0.3) is 11.8 Å². The number of anilines is 1. The molecular formula is C63H71ClF2N14O10. The number of carboxylic acids is 1. The Morgan fingerprint density at radius 1 is 0.889 bits per heavy atom. The van der Waals surface area contributed by atoms with Crippen LogP contribution in [-0.2, 0) is 30.5 Å². The van der Waals surface area contributed by atoms with Gasteiger partial charge >= 0.3 is 12.0 Å². The van der Waals surface area contributed by atoms with Gasteiger partial charge < -0.3 is 49.6 Å². The highest BCUT2D eigenvalue weighted by Gasteiger charge is 2.27. The Morgan fingerprint density at radius 3 is 2.38 bits per heavy atom. The molecule has 5 aromatic heterocycles. The standard InChI is InChI=1S/C63H71ClF2N14O10/c1-38(48-27-40(30-67)9-11-49(48)65)73-59-56(64)39(2)72-52-29-50(66)57(75-58(52)59)42-32-70-62(71-33-42)88-26-24-78-20-14-44(15-21-78)80-34-43(76-77-80)35-86-37-55(82)79-22-16-45(17-23-79)87-25-19-68-53(81)36-89-46-7-6-8-47(28-46)90-54-12-10-41(31-69-54)60(83)74-51(61(84)85)13-18-63(3,4)5/h6-12,27-29,31-34,38,44-45,51H,13-26,35-37H2,1-5H3,(H,68,81)(H,72,73)(H,74,83)(H,84,85)/t38-,51+/m1/s1. The number of aromatic nitrogens is 8. The summed E-state index contributed by atoms with van der Waals surface area (Å²) in [5.41, 5.74) is 2.75. The third-order valence-corrected chi connectivity index (χ3v) is 15.7. The number of aryl methyl sites for hydroxylation is 1. The van der Waals surface area contributed by atoms with E-state index in [1.807, 2.05) is 37.7 Å². The first-order valence-electron chi connectivity index (χ1n) is 29.6. The molecule has 474 valence electrons. The fraction of sp³-hybridized carbons (Fsp3) is 0.429. The second-order valence-corrected chi connectivity index (χ2v) is 23.5. The third-order valence-electron chi connectivity index (χ3n) is 15.2. The van der Waals surface area contributed by atoms with Crippen molar-refractivity contribution in [1.82, 2.24) is 60.3 Å². The number of aliphatic carboxylic acids is 1. The molecule has 2 aromatic carbocycles. The lowest BCUT2D eigenvalue weighted by atomic mass is 9.88. The maximum Gasteiger partial charge on any atom is 0.326 e. The highest BCUT2D eigenvalue weighted by Crippen LogP contribution is 2.37. The third kappa shape index (κ3) is 18.1. The van der Waals surface area contributed by atoms with Crippen molar-refractivity contribution >= 4 is 52.0 Å². The highest BCUT2D eigenvalue weighted by molar-refractivity contribution is 6.35. The van der Waals surface area contributed by atoms with Crippen LogP contribution in [0, 0.1) is 35.3 Å². The Kier molecular flexibility index (Phi) is 22.1. The van der Waals surface area contributed by atoms with E-state index in [2.05, 4.69) is 56.1 Å². The molecule has 24 nitrogen and oxygen atoms in total. The van der Waals surface area contributed by atoms with Crippen LogP contribution in [0.25, 0.3) is 22.3 Å². The minimum atomic E-state index is -1.10. The number of carbonyl (C=O) groups is 4. The summed E-state index contributed by atoms with van der Waals surface area (Å²) in [6.45, 7) is 13.3. The number of hydrogen-bond donors (Lipinski definition) is 4. The fourth-order valence-electron chi connectivity index (χ4n) is 10.2. The zero-order valence-electron chi connectivity index (χ0n) is 50.6. The summed E-state index contributed by atoms with van der Waals surface area (Å²) >= 11 is 6.71. The highest BCUT2D eigenvalue weighted by atomic mass is 35.5. The van der Waals surface area contributed by atoms with Crippen molar-refractivity contribution in [1.29, 1.82) is 5.26 Å². The Balaban J connectivity index is 0.618. The van der Waals surface area contributed by atoms with Crippen LogP contribution < -0.4 is 30.2 Å². The average molecular weight is 1260 g/mol. The maximum atomic E-state index is 15.6. The first-order chi connectivity index (χ1) is 43.2. The summed E-state index contributed by atoms with van der Waals surface area (Å²) < 4.78 is 61.5. The Labute approximate surface area is 523 Å². The lowest BCUT2D eigenvalue weighted by Crippen LogP contribution is -2.43. The first-order valence-corrected chi connectivity index (χ1v) is 30.0. The van der Waals surface area contributed by atoms with Gasteiger partial charge in [-0.1, -0.05) is 43.7 Å². The number of nitrogens with zero attached hydrogens (tertiary/aromatic N) is 11. The normalized spacial score (nSPS) is 14.8. The molecule has 2 fully saturated rings. The second-order valence-electron chi connectivity index (χ2n) is 23.2. The number of benzene rings is 2. The van der Waals surface area contributed by atoms with Crippen molar-refractivity contribution in [3.63, 3.8) is 0 Å². The van der Waals surface area contributed by atoms with Crippen LogP contribution >= 0.6 is 11.6 Å². The number of pyridine rings is 3. The van der Waals surface area contributed by atoms with Gasteiger partial charge in [0.1, 0.15) is 53.5 Å². The smallest absolute Gasteiger partial charge is 0.326 e. The number of fused-ring (bicyclic) bond motifs is 1. The molecule has 2 atom stereocenters. The minimum Gasteiger partial charge on any atom is -0.484 e. The zero-order chi connectivity index (χ0) is 63.9. The summed E-state index contributed by atoms with van der Waals surface area (Å²) in [6.07, 6.45) is 9.81. The minimum absolute atomic E-state index is 0.0419. The van der Waals surface area contributed by atoms with Crippen LogP contribution in [-0.4, -0.2) is 156 Å². The van der Waals surface area contributed by atoms with Gasteiger partial charge in [-0.3, -0.25) is 19.3 Å². The van der Waals surface area contributed by atoms with E-state index in [0.29, 0.717) is 86.1 Å². The van der Waals surface area contributed by atoms with Crippen LogP contribution in [0.2, 0.25) is 5.02 Å². The molecule has 0 bridgehead atoms. The van der Waals surface area contributed by atoms with Gasteiger partial charge in [-0.05, 0) is 94.2 Å². The zero-order valence-corrected chi connectivity index (χ0v) is 51.3. The molecule has 0 spiro atoms. The predicted octanol–water partition coefficient (Wildman–Crippen LogP) is 8.60. The monoisotopic (exact) mass is 1260 g/mol. The molecular weight excluding hydrogens is 1190 g/mol. The van der Waals surface area contributed by atoms with E-state index in [0.717, 1.165) is 25.9 Å². The summed E-state index contributed by atoms with van der Waals surface area (Å²) in [5.74, 6) is -2.32. The summed E-state index contributed by atoms with van der Waals surface area (Å²) in [6, 6.07) is 15.6. The number of amides is 3. The van der Waals surface area contributed by atoms with E-state index in [-0.39, 0.29) is 113 Å². The van der Waals surface area contributed by atoms with Gasteiger partial charge in [0, 0.05) is 87.2 Å². The largest absolute Gasteiger partial charge is 0.484 e. The fourth-order valence-corrected chi connectivity index (χ4v) is 10.4. The molecule has 0 aliphatic carbocycles. The molecule has 0 unspecified atom stereocenters. The molecule has 4 N–H and O–H groups in total. The van der Waals surface area contributed by atoms with Gasteiger partial charge in [-0.15, -0.1) is 5.10 Å². The van der Waals surface area contributed by atoms with Crippen molar-refractivity contribution in [2.75, 3.05) is 71.0 Å². The maximum absolute atomic E-state index is 15.6. The number of hydrogen-bond acceptors (Lipinski definition) is 19. The van der Waals surface area contributed by atoms with E-state index in [9.17, 15) is 33.9 Å². The van der Waals surface area contributed by atoms with E-state index in [4.69, 9.17) is 35.3 Å². The van der Waals surface area contributed by atoms with E-state index in [1.54, 1.807) is 43.0 Å². The Morgan fingerprint density at radius 2 is 1.66 bits per heavy atom. The second kappa shape index (κ2) is 30.5. The number of nitriles is 1. The number of carbonyl (C=O) groups excluding carboxylic acids is 3. The number of piperidine rings is 2. The molecule has 7 heterocycles. The number of carboxylic acid groups (broad SMARTS) is 1. The van der Waals surface area contributed by atoms with Crippen LogP contribution in [0.3, 0.4) is 0 Å². The molecule has 3 amide bonds. The van der Waals surface area contributed by atoms with Crippen molar-refractivity contribution in [2.24, 2.45) is 5.41 Å². The summed E-state index contributed by atoms with van der Waals surface area (Å²) in [5, 5.41) is 36.4. The summed E-state index contributed by atoms with van der Waals surface area (Å²) in [4.78, 5) is 76.0. The number of rotatable bonds is 27. The molecule has 90 heavy (non-hydrogen) atoms.